The highest BCUT2D eigenvalue weighted by molar-refractivity contribution is 5.26. The molecular formula is C22H30O5. The molecule has 0 saturated carbocycles. The van der Waals surface area contributed by atoms with Crippen molar-refractivity contribution in [3.63, 3.8) is 0 Å². The van der Waals surface area contributed by atoms with Crippen LogP contribution in [0.15, 0.2) is 48.5 Å². The summed E-state index contributed by atoms with van der Waals surface area (Å²) < 4.78 is 27.6. The fourth-order valence-corrected chi connectivity index (χ4v) is 2.25. The summed E-state index contributed by atoms with van der Waals surface area (Å²) in [5, 5.41) is 0. The van der Waals surface area contributed by atoms with E-state index in [4.69, 9.17) is 23.7 Å². The van der Waals surface area contributed by atoms with Crippen LogP contribution in [0.25, 0.3) is 0 Å². The Hall–Kier alpha value is -2.08. The molecule has 0 atom stereocenters. The maximum absolute atomic E-state index is 5.58. The van der Waals surface area contributed by atoms with Gasteiger partial charge in [-0.1, -0.05) is 35.4 Å². The molecule has 0 saturated heterocycles. The average molecular weight is 374 g/mol. The van der Waals surface area contributed by atoms with Gasteiger partial charge in [0.2, 0.25) is 0 Å². The van der Waals surface area contributed by atoms with Crippen molar-refractivity contribution in [1.29, 1.82) is 0 Å². The number of ether oxygens (including phenoxy) is 5. The van der Waals surface area contributed by atoms with Gasteiger partial charge in [0.15, 0.2) is 0 Å². The quantitative estimate of drug-likeness (QED) is 0.471. The van der Waals surface area contributed by atoms with Gasteiger partial charge in [0.1, 0.15) is 24.7 Å². The number of hydrogen-bond donors (Lipinski definition) is 0. The Kier molecular flexibility index (Phi) is 10.3. The Balaban J connectivity index is 1.32. The number of aryl methyl sites for hydroxylation is 2. The maximum atomic E-state index is 5.58. The lowest BCUT2D eigenvalue weighted by Gasteiger charge is -2.09. The summed E-state index contributed by atoms with van der Waals surface area (Å²) in [6, 6.07) is 16.0. The van der Waals surface area contributed by atoms with E-state index in [1.807, 2.05) is 48.5 Å². The van der Waals surface area contributed by atoms with Crippen LogP contribution >= 0.6 is 0 Å². The van der Waals surface area contributed by atoms with Gasteiger partial charge in [-0.05, 0) is 38.1 Å². The van der Waals surface area contributed by atoms with Gasteiger partial charge in [0, 0.05) is 0 Å². The first-order valence-corrected chi connectivity index (χ1v) is 9.36. The molecular weight excluding hydrogens is 344 g/mol. The van der Waals surface area contributed by atoms with Gasteiger partial charge >= 0.3 is 0 Å². The third-order valence-corrected chi connectivity index (χ3v) is 3.78. The van der Waals surface area contributed by atoms with Crippen LogP contribution in [-0.4, -0.2) is 52.9 Å². The van der Waals surface area contributed by atoms with Crippen LogP contribution in [0.4, 0.5) is 0 Å². The molecule has 0 amide bonds. The molecule has 5 heteroatoms. The highest BCUT2D eigenvalue weighted by Crippen LogP contribution is 2.11. The standard InChI is InChI=1S/C22H30O5/c1-19-3-7-21(8-4-19)26-17-15-24-13-11-23-12-14-25-16-18-27-22-9-5-20(2)6-10-22/h3-10H,11-18H2,1-2H3. The summed E-state index contributed by atoms with van der Waals surface area (Å²) in [5.74, 6) is 1.73. The Bertz CT molecular complexity index is 554. The summed E-state index contributed by atoms with van der Waals surface area (Å²) in [6.07, 6.45) is 0. The molecule has 0 heterocycles. The van der Waals surface area contributed by atoms with Gasteiger partial charge in [-0.25, -0.2) is 0 Å². The zero-order valence-corrected chi connectivity index (χ0v) is 16.3. The minimum Gasteiger partial charge on any atom is -0.491 e. The molecule has 0 aliphatic carbocycles. The van der Waals surface area contributed by atoms with Crippen molar-refractivity contribution in [2.45, 2.75) is 13.8 Å². The highest BCUT2D eigenvalue weighted by Gasteiger charge is 1.96. The molecule has 0 aliphatic heterocycles. The van der Waals surface area contributed by atoms with Gasteiger partial charge in [-0.3, -0.25) is 0 Å². The van der Waals surface area contributed by atoms with Crippen LogP contribution in [-0.2, 0) is 14.2 Å². The molecule has 0 aliphatic rings. The third-order valence-electron chi connectivity index (χ3n) is 3.78. The van der Waals surface area contributed by atoms with Crippen molar-refractivity contribution in [2.24, 2.45) is 0 Å². The van der Waals surface area contributed by atoms with Crippen LogP contribution in [0.2, 0.25) is 0 Å². The molecule has 0 fully saturated rings. The molecule has 2 aromatic rings. The third kappa shape index (κ3) is 9.99. The van der Waals surface area contributed by atoms with Gasteiger partial charge < -0.3 is 23.7 Å². The van der Waals surface area contributed by atoms with Crippen LogP contribution in [0.3, 0.4) is 0 Å². The molecule has 0 radical (unpaired) electrons. The van der Waals surface area contributed by atoms with E-state index in [9.17, 15) is 0 Å². The van der Waals surface area contributed by atoms with E-state index < -0.39 is 0 Å². The lowest BCUT2D eigenvalue weighted by Crippen LogP contribution is -2.14. The minimum atomic E-state index is 0.535. The van der Waals surface area contributed by atoms with Crippen LogP contribution < -0.4 is 9.47 Å². The average Bonchev–Trinajstić information content (AvgIpc) is 2.68. The summed E-state index contributed by atoms with van der Waals surface area (Å²) in [7, 11) is 0. The van der Waals surface area contributed by atoms with Crippen LogP contribution in [0, 0.1) is 13.8 Å². The van der Waals surface area contributed by atoms with Crippen molar-refractivity contribution in [3.8, 4) is 11.5 Å². The number of hydrogen-bond acceptors (Lipinski definition) is 5. The normalized spacial score (nSPS) is 10.7. The molecule has 0 spiro atoms. The predicted octanol–water partition coefficient (Wildman–Crippen LogP) is 3.81. The summed E-state index contributed by atoms with van der Waals surface area (Å²) in [5.41, 5.74) is 2.44. The van der Waals surface area contributed by atoms with Crippen molar-refractivity contribution >= 4 is 0 Å². The first kappa shape index (κ1) is 21.2. The second-order valence-electron chi connectivity index (χ2n) is 6.16. The van der Waals surface area contributed by atoms with Gasteiger partial charge in [0.25, 0.3) is 0 Å². The Morgan fingerprint density at radius 1 is 0.444 bits per heavy atom. The molecule has 5 nitrogen and oxygen atoms in total. The van der Waals surface area contributed by atoms with E-state index in [1.165, 1.54) is 11.1 Å². The second-order valence-corrected chi connectivity index (χ2v) is 6.16. The summed E-state index contributed by atoms with van der Waals surface area (Å²) in [6.45, 7) is 8.46. The molecule has 0 bridgehead atoms. The zero-order valence-electron chi connectivity index (χ0n) is 16.3. The monoisotopic (exact) mass is 374 g/mol. The second kappa shape index (κ2) is 13.1. The van der Waals surface area contributed by atoms with Crippen molar-refractivity contribution in [3.05, 3.63) is 59.7 Å². The van der Waals surface area contributed by atoms with E-state index in [0.29, 0.717) is 52.9 Å². The predicted molar refractivity (Wildman–Crippen MR) is 106 cm³/mol. The largest absolute Gasteiger partial charge is 0.491 e. The molecule has 2 rings (SSSR count). The fourth-order valence-electron chi connectivity index (χ4n) is 2.25. The van der Waals surface area contributed by atoms with Crippen molar-refractivity contribution in [1.82, 2.24) is 0 Å². The highest BCUT2D eigenvalue weighted by atomic mass is 16.6. The topological polar surface area (TPSA) is 46.2 Å². The van der Waals surface area contributed by atoms with Gasteiger partial charge in [-0.15, -0.1) is 0 Å². The van der Waals surface area contributed by atoms with E-state index in [2.05, 4.69) is 13.8 Å². The first-order valence-electron chi connectivity index (χ1n) is 9.36. The zero-order chi connectivity index (χ0) is 19.2. The lowest BCUT2D eigenvalue weighted by molar-refractivity contribution is 0.00499. The SMILES string of the molecule is Cc1ccc(OCCOCCOCCOCCOc2ccc(C)cc2)cc1. The summed E-state index contributed by atoms with van der Waals surface area (Å²) in [4.78, 5) is 0. The van der Waals surface area contributed by atoms with Crippen molar-refractivity contribution in [2.75, 3.05) is 52.9 Å². The lowest BCUT2D eigenvalue weighted by atomic mass is 10.2. The molecule has 2 aromatic carbocycles. The molecule has 0 aromatic heterocycles. The van der Waals surface area contributed by atoms with Gasteiger partial charge in [-0.2, -0.15) is 0 Å². The Labute approximate surface area is 162 Å². The number of rotatable bonds is 14. The molecule has 148 valence electrons. The number of benzene rings is 2. The minimum absolute atomic E-state index is 0.535. The molecule has 0 unspecified atom stereocenters. The first-order chi connectivity index (χ1) is 13.2. The Morgan fingerprint density at radius 2 is 0.741 bits per heavy atom. The smallest absolute Gasteiger partial charge is 0.119 e. The van der Waals surface area contributed by atoms with Crippen LogP contribution in [0.5, 0.6) is 11.5 Å². The van der Waals surface area contributed by atoms with Crippen molar-refractivity contribution < 1.29 is 23.7 Å². The van der Waals surface area contributed by atoms with E-state index in [1.54, 1.807) is 0 Å². The Morgan fingerprint density at radius 3 is 1.07 bits per heavy atom. The maximum Gasteiger partial charge on any atom is 0.119 e. The van der Waals surface area contributed by atoms with Gasteiger partial charge in [0.05, 0.1) is 39.6 Å². The molecule has 0 N–H and O–H groups in total. The van der Waals surface area contributed by atoms with Crippen LogP contribution in [0.1, 0.15) is 11.1 Å². The fraction of sp³-hybridized carbons (Fsp3) is 0.455. The molecule has 27 heavy (non-hydrogen) atoms. The van der Waals surface area contributed by atoms with E-state index in [0.717, 1.165) is 11.5 Å². The van der Waals surface area contributed by atoms with E-state index in [-0.39, 0.29) is 0 Å². The summed E-state index contributed by atoms with van der Waals surface area (Å²) >= 11 is 0. The van der Waals surface area contributed by atoms with E-state index >= 15 is 0 Å².